The zero-order chi connectivity index (χ0) is 8.55. The second-order valence-corrected chi connectivity index (χ2v) is 2.62. The minimum Gasteiger partial charge on any atom is -0.391 e. The van der Waals surface area contributed by atoms with Crippen molar-refractivity contribution in [2.75, 3.05) is 0 Å². The predicted octanol–water partition coefficient (Wildman–Crippen LogP) is 1.80. The van der Waals surface area contributed by atoms with E-state index in [1.54, 1.807) is 12.1 Å². The van der Waals surface area contributed by atoms with Crippen molar-refractivity contribution in [2.45, 2.75) is 6.61 Å². The van der Waals surface area contributed by atoms with E-state index in [2.05, 4.69) is 4.98 Å². The first kappa shape index (κ1) is 7.31. The van der Waals surface area contributed by atoms with Crippen molar-refractivity contribution in [3.63, 3.8) is 0 Å². The molecular formula is C9H8FNO. The Morgan fingerprint density at radius 2 is 2.08 bits per heavy atom. The van der Waals surface area contributed by atoms with Gasteiger partial charge in [0, 0.05) is 16.5 Å². The molecule has 0 unspecified atom stereocenters. The molecule has 12 heavy (non-hydrogen) atoms. The number of hydrogen-bond acceptors (Lipinski definition) is 1. The van der Waals surface area contributed by atoms with E-state index in [9.17, 15) is 4.39 Å². The van der Waals surface area contributed by atoms with E-state index in [1.165, 1.54) is 0 Å². The van der Waals surface area contributed by atoms with Crippen LogP contribution < -0.4 is 0 Å². The number of benzene rings is 1. The van der Waals surface area contributed by atoms with Crippen molar-refractivity contribution in [3.8, 4) is 0 Å². The SMILES string of the molecule is OCc1c(F)[nH]c2ccccc12. The third-order valence-electron chi connectivity index (χ3n) is 1.92. The quantitative estimate of drug-likeness (QED) is 0.664. The second kappa shape index (κ2) is 2.60. The van der Waals surface area contributed by atoms with Gasteiger partial charge >= 0.3 is 0 Å². The maximum Gasteiger partial charge on any atom is 0.197 e. The molecule has 0 amide bonds. The number of aromatic nitrogens is 1. The van der Waals surface area contributed by atoms with Gasteiger partial charge in [-0.05, 0) is 6.07 Å². The fourth-order valence-corrected chi connectivity index (χ4v) is 1.32. The number of nitrogens with one attached hydrogen (secondary N) is 1. The molecule has 0 aliphatic heterocycles. The van der Waals surface area contributed by atoms with Gasteiger partial charge in [-0.1, -0.05) is 18.2 Å². The van der Waals surface area contributed by atoms with E-state index in [0.29, 0.717) is 5.56 Å². The number of fused-ring (bicyclic) bond motifs is 1. The summed E-state index contributed by atoms with van der Waals surface area (Å²) in [6.45, 7) is -0.268. The highest BCUT2D eigenvalue weighted by molar-refractivity contribution is 5.83. The van der Waals surface area contributed by atoms with E-state index in [0.717, 1.165) is 10.9 Å². The van der Waals surface area contributed by atoms with Gasteiger partial charge in [0.15, 0.2) is 5.95 Å². The monoisotopic (exact) mass is 165 g/mol. The molecular weight excluding hydrogens is 157 g/mol. The minimum atomic E-state index is -0.446. The Labute approximate surface area is 68.6 Å². The van der Waals surface area contributed by atoms with Gasteiger partial charge in [0.2, 0.25) is 0 Å². The summed E-state index contributed by atoms with van der Waals surface area (Å²) >= 11 is 0. The molecule has 0 saturated carbocycles. The maximum atomic E-state index is 13.0. The topological polar surface area (TPSA) is 36.0 Å². The standard InChI is InChI=1S/C9H8FNO/c10-9-7(5-12)6-3-1-2-4-8(6)11-9/h1-4,11-12H,5H2. The molecule has 2 aromatic rings. The van der Waals surface area contributed by atoms with Crippen LogP contribution in [-0.4, -0.2) is 10.1 Å². The van der Waals surface area contributed by atoms with Crippen LogP contribution in [-0.2, 0) is 6.61 Å². The molecule has 0 fully saturated rings. The summed E-state index contributed by atoms with van der Waals surface area (Å²) in [5, 5.41) is 9.59. The van der Waals surface area contributed by atoms with Crippen LogP contribution in [0.25, 0.3) is 10.9 Å². The Morgan fingerprint density at radius 3 is 2.83 bits per heavy atom. The van der Waals surface area contributed by atoms with Gasteiger partial charge in [-0.2, -0.15) is 4.39 Å². The Balaban J connectivity index is 2.81. The Morgan fingerprint density at radius 1 is 1.33 bits per heavy atom. The van der Waals surface area contributed by atoms with E-state index in [1.807, 2.05) is 12.1 Å². The fraction of sp³-hybridized carbons (Fsp3) is 0.111. The number of aliphatic hydroxyl groups excluding tert-OH is 1. The number of aromatic amines is 1. The molecule has 0 aliphatic carbocycles. The second-order valence-electron chi connectivity index (χ2n) is 2.62. The molecule has 1 aromatic heterocycles. The first-order valence-corrected chi connectivity index (χ1v) is 3.69. The van der Waals surface area contributed by atoms with Gasteiger partial charge in [-0.15, -0.1) is 0 Å². The number of aliphatic hydroxyl groups is 1. The number of H-pyrrole nitrogens is 1. The minimum absolute atomic E-state index is 0.268. The summed E-state index contributed by atoms with van der Waals surface area (Å²) in [5.74, 6) is -0.446. The summed E-state index contributed by atoms with van der Waals surface area (Å²) in [6, 6.07) is 7.19. The number of rotatable bonds is 1. The zero-order valence-corrected chi connectivity index (χ0v) is 6.34. The molecule has 0 aliphatic rings. The summed E-state index contributed by atoms with van der Waals surface area (Å²) < 4.78 is 13.0. The molecule has 2 nitrogen and oxygen atoms in total. The molecule has 1 aromatic carbocycles. The van der Waals surface area contributed by atoms with Crippen LogP contribution in [0.4, 0.5) is 4.39 Å². The number of halogens is 1. The highest BCUT2D eigenvalue weighted by Gasteiger charge is 2.08. The molecule has 0 atom stereocenters. The molecule has 0 spiro atoms. The van der Waals surface area contributed by atoms with Crippen LogP contribution in [0, 0.1) is 5.95 Å². The van der Waals surface area contributed by atoms with E-state index >= 15 is 0 Å². The van der Waals surface area contributed by atoms with E-state index < -0.39 is 5.95 Å². The van der Waals surface area contributed by atoms with Crippen LogP contribution in [0.5, 0.6) is 0 Å². The van der Waals surface area contributed by atoms with Crippen molar-refractivity contribution in [1.82, 2.24) is 4.98 Å². The Bertz CT molecular complexity index is 408. The molecule has 0 saturated heterocycles. The summed E-state index contributed by atoms with van der Waals surface area (Å²) in [5.41, 5.74) is 1.06. The third-order valence-corrected chi connectivity index (χ3v) is 1.92. The zero-order valence-electron chi connectivity index (χ0n) is 6.34. The smallest absolute Gasteiger partial charge is 0.197 e. The van der Waals surface area contributed by atoms with Crippen LogP contribution in [0.3, 0.4) is 0 Å². The van der Waals surface area contributed by atoms with Gasteiger partial charge in [0.05, 0.1) is 6.61 Å². The van der Waals surface area contributed by atoms with Crippen LogP contribution in [0.1, 0.15) is 5.56 Å². The van der Waals surface area contributed by atoms with Gasteiger partial charge in [0.1, 0.15) is 0 Å². The largest absolute Gasteiger partial charge is 0.391 e. The lowest BCUT2D eigenvalue weighted by Gasteiger charge is -1.90. The van der Waals surface area contributed by atoms with Crippen molar-refractivity contribution in [2.24, 2.45) is 0 Å². The van der Waals surface area contributed by atoms with Gasteiger partial charge in [-0.25, -0.2) is 0 Å². The molecule has 62 valence electrons. The highest BCUT2D eigenvalue weighted by atomic mass is 19.1. The summed E-state index contributed by atoms with van der Waals surface area (Å²) in [4.78, 5) is 2.55. The summed E-state index contributed by atoms with van der Waals surface area (Å²) in [6.07, 6.45) is 0. The van der Waals surface area contributed by atoms with Crippen molar-refractivity contribution >= 4 is 10.9 Å². The molecule has 1 heterocycles. The molecule has 0 radical (unpaired) electrons. The average Bonchev–Trinajstić information content (AvgIpc) is 2.40. The fourth-order valence-electron chi connectivity index (χ4n) is 1.32. The lowest BCUT2D eigenvalue weighted by Crippen LogP contribution is -1.83. The van der Waals surface area contributed by atoms with Gasteiger partial charge in [-0.3, -0.25) is 0 Å². The van der Waals surface area contributed by atoms with Crippen molar-refractivity contribution in [3.05, 3.63) is 35.8 Å². The Kier molecular flexibility index (Phi) is 1.59. The third kappa shape index (κ3) is 0.905. The Hall–Kier alpha value is -1.35. The predicted molar refractivity (Wildman–Crippen MR) is 44.2 cm³/mol. The molecule has 3 heteroatoms. The van der Waals surface area contributed by atoms with Crippen molar-refractivity contribution < 1.29 is 9.50 Å². The molecule has 2 rings (SSSR count). The van der Waals surface area contributed by atoms with E-state index in [-0.39, 0.29) is 6.61 Å². The van der Waals surface area contributed by atoms with Crippen molar-refractivity contribution in [1.29, 1.82) is 0 Å². The van der Waals surface area contributed by atoms with Gasteiger partial charge < -0.3 is 10.1 Å². The average molecular weight is 165 g/mol. The lowest BCUT2D eigenvalue weighted by molar-refractivity contribution is 0.277. The normalized spacial score (nSPS) is 10.8. The first-order valence-electron chi connectivity index (χ1n) is 3.69. The van der Waals surface area contributed by atoms with Crippen LogP contribution in [0.2, 0.25) is 0 Å². The lowest BCUT2D eigenvalue weighted by atomic mass is 10.2. The number of para-hydroxylation sites is 1. The molecule has 2 N–H and O–H groups in total. The first-order chi connectivity index (χ1) is 5.83. The van der Waals surface area contributed by atoms with Crippen LogP contribution >= 0.6 is 0 Å². The highest BCUT2D eigenvalue weighted by Crippen LogP contribution is 2.20. The maximum absolute atomic E-state index is 13.0. The number of hydrogen-bond donors (Lipinski definition) is 2. The van der Waals surface area contributed by atoms with E-state index in [4.69, 9.17) is 5.11 Å². The van der Waals surface area contributed by atoms with Crippen LogP contribution in [0.15, 0.2) is 24.3 Å². The van der Waals surface area contributed by atoms with Gasteiger partial charge in [0.25, 0.3) is 0 Å². The molecule has 0 bridgehead atoms. The summed E-state index contributed by atoms with van der Waals surface area (Å²) in [7, 11) is 0.